The Hall–Kier alpha value is -2.99. The van der Waals surface area contributed by atoms with Crippen LogP contribution in [0, 0.1) is 5.92 Å². The number of amides is 2. The number of methoxy groups -OCH3 is 1. The molecule has 0 atom stereocenters. The molecular formula is C24H27ClN2O4. The van der Waals surface area contributed by atoms with Gasteiger partial charge in [-0.15, -0.1) is 0 Å². The molecule has 1 aliphatic heterocycles. The van der Waals surface area contributed by atoms with Crippen molar-refractivity contribution in [3.05, 3.63) is 59.1 Å². The van der Waals surface area contributed by atoms with E-state index in [4.69, 9.17) is 21.1 Å². The fourth-order valence-corrected chi connectivity index (χ4v) is 3.84. The van der Waals surface area contributed by atoms with Crippen molar-refractivity contribution in [3.8, 4) is 11.5 Å². The van der Waals surface area contributed by atoms with Crippen LogP contribution in [0.15, 0.2) is 48.5 Å². The molecule has 1 saturated heterocycles. The van der Waals surface area contributed by atoms with Gasteiger partial charge < -0.3 is 19.7 Å². The van der Waals surface area contributed by atoms with E-state index in [1.54, 1.807) is 23.1 Å². The van der Waals surface area contributed by atoms with E-state index in [0.29, 0.717) is 49.1 Å². The van der Waals surface area contributed by atoms with Crippen molar-refractivity contribution in [1.29, 1.82) is 0 Å². The lowest BCUT2D eigenvalue weighted by molar-refractivity contribution is -0.130. The van der Waals surface area contributed by atoms with Crippen LogP contribution < -0.4 is 14.8 Å². The minimum Gasteiger partial charge on any atom is -0.491 e. The van der Waals surface area contributed by atoms with E-state index in [0.717, 1.165) is 11.3 Å². The van der Waals surface area contributed by atoms with Gasteiger partial charge in [0.05, 0.1) is 18.7 Å². The number of nitrogens with zero attached hydrogens (tertiary/aromatic N) is 1. The zero-order valence-electron chi connectivity index (χ0n) is 17.8. The molecule has 164 valence electrons. The predicted molar refractivity (Wildman–Crippen MR) is 123 cm³/mol. The van der Waals surface area contributed by atoms with Gasteiger partial charge in [0.2, 0.25) is 11.8 Å². The summed E-state index contributed by atoms with van der Waals surface area (Å²) in [5.41, 5.74) is 1.54. The number of nitrogens with one attached hydrogen (secondary N) is 1. The average molecular weight is 443 g/mol. The number of benzene rings is 2. The number of carbonyl (C=O) groups is 2. The Morgan fingerprint density at radius 2 is 1.90 bits per heavy atom. The van der Waals surface area contributed by atoms with Gasteiger partial charge >= 0.3 is 0 Å². The molecule has 3 rings (SSSR count). The average Bonchev–Trinajstić information content (AvgIpc) is 2.78. The Morgan fingerprint density at radius 1 is 1.19 bits per heavy atom. The quantitative estimate of drug-likeness (QED) is 0.634. The molecule has 1 fully saturated rings. The van der Waals surface area contributed by atoms with E-state index in [1.165, 1.54) is 13.2 Å². The minimum absolute atomic E-state index is 0.00479. The van der Waals surface area contributed by atoms with Gasteiger partial charge in [-0.05, 0) is 55.7 Å². The molecule has 0 radical (unpaired) electrons. The maximum absolute atomic E-state index is 12.6. The first kappa shape index (κ1) is 22.7. The second-order valence-corrected chi connectivity index (χ2v) is 7.66. The number of para-hydroxylation sites is 1. The molecule has 2 aromatic carbocycles. The molecule has 1 heterocycles. The van der Waals surface area contributed by atoms with Crippen LogP contribution in [0.4, 0.5) is 5.69 Å². The number of carbonyl (C=O) groups excluding carboxylic acids is 2. The predicted octanol–water partition coefficient (Wildman–Crippen LogP) is 4.64. The van der Waals surface area contributed by atoms with Crippen LogP contribution in [-0.2, 0) is 9.59 Å². The fourth-order valence-electron chi connectivity index (χ4n) is 3.55. The fraction of sp³-hybridized carbons (Fsp3) is 0.333. The third-order valence-corrected chi connectivity index (χ3v) is 5.45. The summed E-state index contributed by atoms with van der Waals surface area (Å²) in [7, 11) is 1.53. The Balaban J connectivity index is 1.56. The first-order chi connectivity index (χ1) is 15.0. The lowest BCUT2D eigenvalue weighted by Gasteiger charge is -2.30. The molecular weight excluding hydrogens is 416 g/mol. The summed E-state index contributed by atoms with van der Waals surface area (Å²) in [5.74, 6) is 0.831. The Kier molecular flexibility index (Phi) is 7.95. The van der Waals surface area contributed by atoms with E-state index in [9.17, 15) is 9.59 Å². The van der Waals surface area contributed by atoms with Crippen LogP contribution in [0.3, 0.4) is 0 Å². The molecule has 0 aliphatic carbocycles. The zero-order valence-corrected chi connectivity index (χ0v) is 18.5. The SMILES string of the molecule is CCOc1cc(/C=C/C(=O)N2CCC(C(=O)Nc3ccccc3)CC2)cc(Cl)c1OC. The highest BCUT2D eigenvalue weighted by Crippen LogP contribution is 2.36. The molecule has 0 aromatic heterocycles. The molecule has 2 amide bonds. The largest absolute Gasteiger partial charge is 0.491 e. The topological polar surface area (TPSA) is 67.9 Å². The third-order valence-electron chi connectivity index (χ3n) is 5.17. The number of ether oxygens (including phenoxy) is 2. The van der Waals surface area contributed by atoms with Gasteiger partial charge in [0.25, 0.3) is 0 Å². The van der Waals surface area contributed by atoms with Crippen LogP contribution >= 0.6 is 11.6 Å². The third kappa shape index (κ3) is 6.01. The van der Waals surface area contributed by atoms with Crippen molar-refractivity contribution in [2.75, 3.05) is 32.1 Å². The van der Waals surface area contributed by atoms with E-state index >= 15 is 0 Å². The maximum Gasteiger partial charge on any atom is 0.246 e. The summed E-state index contributed by atoms with van der Waals surface area (Å²) in [6.45, 7) is 3.45. The summed E-state index contributed by atoms with van der Waals surface area (Å²) in [6.07, 6.45) is 4.52. The summed E-state index contributed by atoms with van der Waals surface area (Å²) < 4.78 is 10.9. The van der Waals surface area contributed by atoms with Crippen molar-refractivity contribution in [2.24, 2.45) is 5.92 Å². The molecule has 1 N–H and O–H groups in total. The highest BCUT2D eigenvalue weighted by Gasteiger charge is 2.26. The molecule has 0 saturated carbocycles. The first-order valence-electron chi connectivity index (χ1n) is 10.3. The number of likely N-dealkylation sites (tertiary alicyclic amines) is 1. The Morgan fingerprint density at radius 3 is 2.55 bits per heavy atom. The number of piperidine rings is 1. The van der Waals surface area contributed by atoms with Gasteiger partial charge in [0, 0.05) is 30.8 Å². The summed E-state index contributed by atoms with van der Waals surface area (Å²) in [5, 5.41) is 3.36. The standard InChI is InChI=1S/C24H27ClN2O4/c1-3-31-21-16-17(15-20(25)23(21)30-2)9-10-22(28)27-13-11-18(12-14-27)24(29)26-19-7-5-4-6-8-19/h4-10,15-16,18H,3,11-14H2,1-2H3,(H,26,29)/b10-9+. The number of rotatable bonds is 7. The van der Waals surface area contributed by atoms with Gasteiger partial charge in [-0.25, -0.2) is 0 Å². The van der Waals surface area contributed by atoms with Crippen molar-refractivity contribution in [1.82, 2.24) is 4.90 Å². The Bertz CT molecular complexity index is 938. The van der Waals surface area contributed by atoms with Crippen LogP contribution in [-0.4, -0.2) is 43.5 Å². The van der Waals surface area contributed by atoms with E-state index in [-0.39, 0.29) is 17.7 Å². The summed E-state index contributed by atoms with van der Waals surface area (Å²) >= 11 is 6.27. The van der Waals surface area contributed by atoms with Gasteiger partial charge in [0.1, 0.15) is 0 Å². The van der Waals surface area contributed by atoms with E-state index in [1.807, 2.05) is 37.3 Å². The molecule has 0 spiro atoms. The van der Waals surface area contributed by atoms with Crippen LogP contribution in [0.25, 0.3) is 6.08 Å². The van der Waals surface area contributed by atoms with Gasteiger partial charge in [-0.2, -0.15) is 0 Å². The molecule has 7 heteroatoms. The zero-order chi connectivity index (χ0) is 22.2. The highest BCUT2D eigenvalue weighted by molar-refractivity contribution is 6.32. The van der Waals surface area contributed by atoms with Gasteiger partial charge in [-0.3, -0.25) is 9.59 Å². The first-order valence-corrected chi connectivity index (χ1v) is 10.7. The Labute approximate surface area is 187 Å². The van der Waals surface area contributed by atoms with E-state index < -0.39 is 0 Å². The molecule has 31 heavy (non-hydrogen) atoms. The second-order valence-electron chi connectivity index (χ2n) is 7.26. The van der Waals surface area contributed by atoms with Crippen LogP contribution in [0.1, 0.15) is 25.3 Å². The smallest absolute Gasteiger partial charge is 0.246 e. The molecule has 1 aliphatic rings. The van der Waals surface area contributed by atoms with Crippen molar-refractivity contribution in [3.63, 3.8) is 0 Å². The molecule has 0 bridgehead atoms. The lowest BCUT2D eigenvalue weighted by atomic mass is 9.95. The summed E-state index contributed by atoms with van der Waals surface area (Å²) in [6, 6.07) is 12.9. The normalized spacial score (nSPS) is 14.5. The maximum atomic E-state index is 12.6. The summed E-state index contributed by atoms with van der Waals surface area (Å²) in [4.78, 5) is 26.8. The lowest BCUT2D eigenvalue weighted by Crippen LogP contribution is -2.40. The molecule has 6 nitrogen and oxygen atoms in total. The van der Waals surface area contributed by atoms with Crippen molar-refractivity contribution >= 4 is 35.2 Å². The molecule has 0 unspecified atom stereocenters. The van der Waals surface area contributed by atoms with Crippen molar-refractivity contribution < 1.29 is 19.1 Å². The van der Waals surface area contributed by atoms with Gasteiger partial charge in [0.15, 0.2) is 11.5 Å². The number of hydrogen-bond donors (Lipinski definition) is 1. The number of halogens is 1. The van der Waals surface area contributed by atoms with Crippen LogP contribution in [0.2, 0.25) is 5.02 Å². The van der Waals surface area contributed by atoms with Gasteiger partial charge in [-0.1, -0.05) is 29.8 Å². The second kappa shape index (κ2) is 10.9. The van der Waals surface area contributed by atoms with Crippen LogP contribution in [0.5, 0.6) is 11.5 Å². The molecule has 2 aromatic rings. The highest BCUT2D eigenvalue weighted by atomic mass is 35.5. The minimum atomic E-state index is -0.0950. The van der Waals surface area contributed by atoms with Crippen molar-refractivity contribution in [2.45, 2.75) is 19.8 Å². The van der Waals surface area contributed by atoms with E-state index in [2.05, 4.69) is 5.32 Å². The number of hydrogen-bond acceptors (Lipinski definition) is 4. The monoisotopic (exact) mass is 442 g/mol. The number of anilines is 1.